The monoisotopic (exact) mass is 424 g/mol. The molecule has 0 atom stereocenters. The minimum Gasteiger partial charge on any atom is -0.303 e. The third-order valence-electron chi connectivity index (χ3n) is 5.71. The van der Waals surface area contributed by atoms with E-state index in [4.69, 9.17) is 0 Å². The smallest absolute Gasteiger partial charge is 0.119 e. The zero-order valence-corrected chi connectivity index (χ0v) is 21.3. The second kappa shape index (κ2) is 28.3. The molecule has 0 aliphatic heterocycles. The third-order valence-corrected chi connectivity index (χ3v) is 5.71. The minimum absolute atomic E-state index is 0.758. The van der Waals surface area contributed by atoms with E-state index in [0.717, 1.165) is 50.1 Å². The molecule has 2 heteroatoms. The summed E-state index contributed by atoms with van der Waals surface area (Å²) in [5.41, 5.74) is 0. The Morgan fingerprint density at radius 2 is 0.633 bits per heavy atom. The normalized spacial score (nSPS) is 10.9. The molecule has 0 spiro atoms. The van der Waals surface area contributed by atoms with Gasteiger partial charge in [0.1, 0.15) is 12.6 Å². The fourth-order valence-electron chi connectivity index (χ4n) is 3.68. The van der Waals surface area contributed by atoms with Gasteiger partial charge in [0, 0.05) is 12.8 Å². The highest BCUT2D eigenvalue weighted by Crippen LogP contribution is 2.13. The molecule has 0 aliphatic carbocycles. The number of hydrogen-bond acceptors (Lipinski definition) is 2. The summed E-state index contributed by atoms with van der Waals surface area (Å²) in [6, 6.07) is 0. The van der Waals surface area contributed by atoms with Crippen LogP contribution < -0.4 is 0 Å². The van der Waals surface area contributed by atoms with Crippen LogP contribution in [0.25, 0.3) is 0 Å². The molecule has 0 amide bonds. The molecule has 0 aliphatic rings. The van der Waals surface area contributed by atoms with Gasteiger partial charge in [-0.3, -0.25) is 0 Å². The summed E-state index contributed by atoms with van der Waals surface area (Å²) in [5, 5.41) is 0. The van der Waals surface area contributed by atoms with E-state index >= 15 is 0 Å². The van der Waals surface area contributed by atoms with Gasteiger partial charge in [-0.2, -0.15) is 0 Å². The molecule has 0 saturated heterocycles. The van der Waals surface area contributed by atoms with Crippen LogP contribution in [0.5, 0.6) is 0 Å². The van der Waals surface area contributed by atoms with Crippen molar-refractivity contribution in [2.75, 3.05) is 0 Å². The van der Waals surface area contributed by atoms with Gasteiger partial charge < -0.3 is 9.59 Å². The van der Waals surface area contributed by atoms with Crippen molar-refractivity contribution in [2.24, 2.45) is 11.8 Å². The number of carbonyl (C=O) groups excluding carboxylic acids is 2. The first kappa shape index (κ1) is 31.5. The van der Waals surface area contributed by atoms with Crippen molar-refractivity contribution in [3.8, 4) is 0 Å². The van der Waals surface area contributed by atoms with Crippen molar-refractivity contribution in [2.45, 2.75) is 156 Å². The topological polar surface area (TPSA) is 34.1 Å². The van der Waals surface area contributed by atoms with E-state index in [9.17, 15) is 9.59 Å². The summed E-state index contributed by atoms with van der Waals surface area (Å²) in [5.74, 6) is 1.74. The highest BCUT2D eigenvalue weighted by Gasteiger charge is 1.96. The molecule has 0 aromatic heterocycles. The van der Waals surface area contributed by atoms with E-state index in [1.165, 1.54) is 103 Å². The van der Waals surface area contributed by atoms with E-state index in [0.29, 0.717) is 0 Å². The first-order valence-corrected chi connectivity index (χ1v) is 13.4. The van der Waals surface area contributed by atoms with Crippen LogP contribution in [0, 0.1) is 11.8 Å². The van der Waals surface area contributed by atoms with Crippen molar-refractivity contribution in [3.63, 3.8) is 0 Å². The van der Waals surface area contributed by atoms with Crippen molar-refractivity contribution < 1.29 is 9.59 Å². The average Bonchev–Trinajstić information content (AvgIpc) is 2.71. The van der Waals surface area contributed by atoms with Crippen LogP contribution in [-0.4, -0.2) is 12.6 Å². The van der Waals surface area contributed by atoms with Gasteiger partial charge in [-0.25, -0.2) is 0 Å². The Labute approximate surface area is 190 Å². The van der Waals surface area contributed by atoms with Crippen LogP contribution in [0.1, 0.15) is 156 Å². The Morgan fingerprint density at radius 3 is 0.867 bits per heavy atom. The number of aldehydes is 2. The lowest BCUT2D eigenvalue weighted by Gasteiger charge is -2.04. The summed E-state index contributed by atoms with van der Waals surface area (Å²) in [6.45, 7) is 9.19. The summed E-state index contributed by atoms with van der Waals surface area (Å²) in [4.78, 5) is 20.1. The zero-order valence-electron chi connectivity index (χ0n) is 21.3. The second-order valence-corrected chi connectivity index (χ2v) is 9.93. The van der Waals surface area contributed by atoms with Crippen molar-refractivity contribution in [1.82, 2.24) is 0 Å². The van der Waals surface area contributed by atoms with Gasteiger partial charge in [-0.1, -0.05) is 130 Å². The molecule has 0 saturated carbocycles. The second-order valence-electron chi connectivity index (χ2n) is 9.93. The molecule has 0 bridgehead atoms. The largest absolute Gasteiger partial charge is 0.303 e. The Balaban J connectivity index is 0. The van der Waals surface area contributed by atoms with Crippen molar-refractivity contribution in [1.29, 1.82) is 0 Å². The van der Waals surface area contributed by atoms with Gasteiger partial charge in [0.2, 0.25) is 0 Å². The lowest BCUT2D eigenvalue weighted by molar-refractivity contribution is -0.108. The predicted molar refractivity (Wildman–Crippen MR) is 134 cm³/mol. The number of carbonyl (C=O) groups is 2. The molecule has 0 fully saturated rings. The van der Waals surface area contributed by atoms with Crippen molar-refractivity contribution >= 4 is 12.6 Å². The van der Waals surface area contributed by atoms with Gasteiger partial charge in [-0.05, 0) is 24.7 Å². The van der Waals surface area contributed by atoms with Gasteiger partial charge in [0.15, 0.2) is 0 Å². The summed E-state index contributed by atoms with van der Waals surface area (Å²) in [7, 11) is 0. The maximum absolute atomic E-state index is 10.1. The minimum atomic E-state index is 0.758. The molecule has 0 rings (SSSR count). The van der Waals surface area contributed by atoms with E-state index in [1.807, 2.05) is 0 Å². The van der Waals surface area contributed by atoms with Crippen LogP contribution in [0.15, 0.2) is 0 Å². The predicted octanol–water partition coefficient (Wildman–Crippen LogP) is 9.48. The lowest BCUT2D eigenvalue weighted by atomic mass is 10.0. The van der Waals surface area contributed by atoms with Crippen LogP contribution >= 0.6 is 0 Å². The van der Waals surface area contributed by atoms with Gasteiger partial charge in [0.05, 0.1) is 0 Å². The maximum Gasteiger partial charge on any atom is 0.119 e. The summed E-state index contributed by atoms with van der Waals surface area (Å²) >= 11 is 0. The highest BCUT2D eigenvalue weighted by molar-refractivity contribution is 5.49. The quantitative estimate of drug-likeness (QED) is 0.128. The van der Waals surface area contributed by atoms with Crippen LogP contribution in [-0.2, 0) is 9.59 Å². The fourth-order valence-corrected chi connectivity index (χ4v) is 3.68. The van der Waals surface area contributed by atoms with Crippen molar-refractivity contribution in [3.05, 3.63) is 0 Å². The lowest BCUT2D eigenvalue weighted by Crippen LogP contribution is -1.87. The van der Waals surface area contributed by atoms with E-state index in [2.05, 4.69) is 27.7 Å². The number of rotatable bonds is 22. The van der Waals surface area contributed by atoms with Gasteiger partial charge >= 0.3 is 0 Å². The first-order chi connectivity index (χ1) is 14.5. The number of hydrogen-bond donors (Lipinski definition) is 0. The Morgan fingerprint density at radius 1 is 0.400 bits per heavy atom. The molecular weight excluding hydrogens is 368 g/mol. The molecule has 0 radical (unpaired) electrons. The molecule has 0 unspecified atom stereocenters. The molecule has 30 heavy (non-hydrogen) atoms. The first-order valence-electron chi connectivity index (χ1n) is 13.4. The van der Waals surface area contributed by atoms with Crippen LogP contribution in [0.3, 0.4) is 0 Å². The molecule has 2 nitrogen and oxygen atoms in total. The van der Waals surface area contributed by atoms with E-state index < -0.39 is 0 Å². The zero-order chi connectivity index (χ0) is 22.7. The average molecular weight is 425 g/mol. The van der Waals surface area contributed by atoms with Crippen LogP contribution in [0.2, 0.25) is 0 Å². The van der Waals surface area contributed by atoms with Gasteiger partial charge in [0.25, 0.3) is 0 Å². The van der Waals surface area contributed by atoms with Crippen LogP contribution in [0.4, 0.5) is 0 Å². The fraction of sp³-hybridized carbons (Fsp3) is 0.929. The summed E-state index contributed by atoms with van der Waals surface area (Å²) < 4.78 is 0. The van der Waals surface area contributed by atoms with E-state index in [-0.39, 0.29) is 0 Å². The van der Waals surface area contributed by atoms with Gasteiger partial charge in [-0.15, -0.1) is 0 Å². The van der Waals surface area contributed by atoms with E-state index in [1.54, 1.807) is 0 Å². The highest BCUT2D eigenvalue weighted by atomic mass is 16.1. The standard InChI is InChI=1S/2C14H28O/c2*1-14(2)12-10-8-6-4-3-5-7-9-11-13-15/h2*13-14H,3-12H2,1-2H3. The molecule has 0 N–H and O–H groups in total. The number of unbranched alkanes of at least 4 members (excludes halogenated alkanes) is 16. The Kier molecular flexibility index (Phi) is 29.8. The molecule has 180 valence electrons. The molecular formula is C28H56O2. The third kappa shape index (κ3) is 34.8. The summed E-state index contributed by atoms with van der Waals surface area (Å²) in [6.07, 6.45) is 27.6. The Bertz CT molecular complexity index is 291. The SMILES string of the molecule is CC(C)CCCCCCCCCCC=O.CC(C)CCCCCCCCCCC=O. The maximum atomic E-state index is 10.1. The molecule has 0 aromatic carbocycles. The molecule has 0 aromatic rings. The molecule has 0 heterocycles. The Hall–Kier alpha value is -0.660.